The molecule has 10 nitrogen and oxygen atoms in total. The van der Waals surface area contributed by atoms with Gasteiger partial charge >= 0.3 is 5.97 Å². The summed E-state index contributed by atoms with van der Waals surface area (Å²) in [6.45, 7) is 1.11. The number of methoxy groups -OCH3 is 1. The standard InChI is InChI=1S/C23H24ClN7O3S/c1-33-22(32)16-20(30-19(27)21(29-16)35-14-6-9-28-18(26)15(14)24)31-10-7-23(8-11-31)17(25)12-4-2-3-5-13(12)34-23/h2-6,9,17H,7-8,10-11,25H2,1H3,(H2,26,28)(H2,27,30)/t17-/m1/s1. The molecule has 2 aliphatic rings. The Labute approximate surface area is 211 Å². The molecule has 35 heavy (non-hydrogen) atoms. The number of carbonyl (C=O) groups excluding carboxylic acids is 1. The van der Waals surface area contributed by atoms with Gasteiger partial charge < -0.3 is 31.6 Å². The molecule has 0 radical (unpaired) electrons. The van der Waals surface area contributed by atoms with E-state index in [0.29, 0.717) is 41.7 Å². The highest BCUT2D eigenvalue weighted by molar-refractivity contribution is 7.99. The minimum atomic E-state index is -0.615. The number of nitrogens with two attached hydrogens (primary N) is 3. The van der Waals surface area contributed by atoms with E-state index in [-0.39, 0.29) is 28.4 Å². The van der Waals surface area contributed by atoms with Gasteiger partial charge in [0.25, 0.3) is 0 Å². The summed E-state index contributed by atoms with van der Waals surface area (Å²) in [6.07, 6.45) is 2.82. The van der Waals surface area contributed by atoms with Gasteiger partial charge in [-0.25, -0.2) is 19.7 Å². The largest absolute Gasteiger partial charge is 0.485 e. The van der Waals surface area contributed by atoms with E-state index in [2.05, 4.69) is 15.0 Å². The van der Waals surface area contributed by atoms with E-state index in [4.69, 9.17) is 38.3 Å². The van der Waals surface area contributed by atoms with E-state index in [1.54, 1.807) is 6.07 Å². The van der Waals surface area contributed by atoms with Crippen LogP contribution in [0.1, 0.15) is 34.9 Å². The van der Waals surface area contributed by atoms with Gasteiger partial charge in [-0.15, -0.1) is 0 Å². The number of hydrogen-bond donors (Lipinski definition) is 3. The Hall–Kier alpha value is -3.28. The van der Waals surface area contributed by atoms with Crippen LogP contribution in [0.25, 0.3) is 0 Å². The highest BCUT2D eigenvalue weighted by Gasteiger charge is 2.48. The fourth-order valence-electron chi connectivity index (χ4n) is 4.48. The number of esters is 1. The number of carbonyl (C=O) groups is 1. The molecule has 0 bridgehead atoms. The van der Waals surface area contributed by atoms with E-state index in [0.717, 1.165) is 23.1 Å². The molecule has 2 aromatic heterocycles. The minimum absolute atomic E-state index is 0.0678. The maximum absolute atomic E-state index is 12.7. The second-order valence-corrected chi connectivity index (χ2v) is 9.77. The van der Waals surface area contributed by atoms with Gasteiger partial charge in [0.1, 0.15) is 22.2 Å². The third-order valence-electron chi connectivity index (χ3n) is 6.38. The number of halogens is 1. The molecule has 0 unspecified atom stereocenters. The SMILES string of the molecule is COC(=O)c1nc(Sc2ccnc(N)c2Cl)c(N)nc1N1CCC2(CC1)Oc1ccccc1[C@H]2N. The third-order valence-corrected chi connectivity index (χ3v) is 7.94. The molecule has 1 aromatic carbocycles. The van der Waals surface area contributed by atoms with Gasteiger partial charge in [-0.05, 0) is 12.1 Å². The van der Waals surface area contributed by atoms with Gasteiger partial charge in [-0.2, -0.15) is 0 Å². The molecule has 1 saturated heterocycles. The maximum atomic E-state index is 12.7. The van der Waals surface area contributed by atoms with Crippen LogP contribution < -0.4 is 26.8 Å². The number of para-hydroxylation sites is 1. The van der Waals surface area contributed by atoms with Gasteiger partial charge in [0.2, 0.25) is 0 Å². The summed E-state index contributed by atoms with van der Waals surface area (Å²) in [7, 11) is 1.30. The average Bonchev–Trinajstić information content (AvgIpc) is 3.14. The lowest BCUT2D eigenvalue weighted by Crippen LogP contribution is -2.52. The molecule has 5 rings (SSSR count). The van der Waals surface area contributed by atoms with Crippen molar-refractivity contribution < 1.29 is 14.3 Å². The quantitative estimate of drug-likeness (QED) is 0.440. The molecule has 1 spiro atoms. The first kappa shape index (κ1) is 23.5. The molecule has 182 valence electrons. The Morgan fingerprint density at radius 2 is 1.94 bits per heavy atom. The van der Waals surface area contributed by atoms with Crippen LogP contribution in [-0.2, 0) is 4.74 Å². The summed E-state index contributed by atoms with van der Waals surface area (Å²) in [5.41, 5.74) is 19.2. The molecular weight excluding hydrogens is 490 g/mol. The summed E-state index contributed by atoms with van der Waals surface area (Å²) in [4.78, 5) is 28.2. The van der Waals surface area contributed by atoms with Gasteiger partial charge in [0.05, 0.1) is 18.2 Å². The van der Waals surface area contributed by atoms with E-state index in [1.165, 1.54) is 13.3 Å². The second kappa shape index (κ2) is 9.06. The van der Waals surface area contributed by atoms with Crippen molar-refractivity contribution in [3.63, 3.8) is 0 Å². The minimum Gasteiger partial charge on any atom is -0.485 e. The summed E-state index contributed by atoms with van der Waals surface area (Å²) >= 11 is 7.41. The maximum Gasteiger partial charge on any atom is 0.360 e. The van der Waals surface area contributed by atoms with Crippen LogP contribution in [0.3, 0.4) is 0 Å². The number of aromatic nitrogens is 3. The number of anilines is 3. The van der Waals surface area contributed by atoms with E-state index >= 15 is 0 Å². The molecule has 0 amide bonds. The number of nitrogens with zero attached hydrogens (tertiary/aromatic N) is 4. The van der Waals surface area contributed by atoms with Crippen LogP contribution >= 0.6 is 23.4 Å². The van der Waals surface area contributed by atoms with Gasteiger partial charge in [-0.1, -0.05) is 41.6 Å². The molecule has 3 aromatic rings. The zero-order chi connectivity index (χ0) is 24.7. The summed E-state index contributed by atoms with van der Waals surface area (Å²) < 4.78 is 11.3. The average molecular weight is 514 g/mol. The molecule has 2 aliphatic heterocycles. The predicted octanol–water partition coefficient (Wildman–Crippen LogP) is 3.06. The van der Waals surface area contributed by atoms with Crippen LogP contribution in [-0.4, -0.2) is 46.7 Å². The number of rotatable bonds is 4. The first-order valence-corrected chi connectivity index (χ1v) is 12.1. The second-order valence-electron chi connectivity index (χ2n) is 8.36. The Morgan fingerprint density at radius 1 is 1.20 bits per heavy atom. The number of fused-ring (bicyclic) bond motifs is 1. The lowest BCUT2D eigenvalue weighted by atomic mass is 9.83. The molecule has 1 fully saturated rings. The smallest absolute Gasteiger partial charge is 0.360 e. The van der Waals surface area contributed by atoms with Crippen molar-refractivity contribution in [3.05, 3.63) is 52.8 Å². The number of benzene rings is 1. The molecule has 1 atom stereocenters. The summed E-state index contributed by atoms with van der Waals surface area (Å²) in [5.74, 6) is 0.911. The summed E-state index contributed by atoms with van der Waals surface area (Å²) in [6, 6.07) is 9.30. The topological polar surface area (TPSA) is 156 Å². The zero-order valence-electron chi connectivity index (χ0n) is 18.9. The predicted molar refractivity (Wildman–Crippen MR) is 134 cm³/mol. The number of piperidine rings is 1. The number of ether oxygens (including phenoxy) is 2. The fourth-order valence-corrected chi connectivity index (χ4v) is 5.53. The van der Waals surface area contributed by atoms with E-state index in [1.807, 2.05) is 29.2 Å². The molecule has 0 saturated carbocycles. The van der Waals surface area contributed by atoms with Crippen molar-refractivity contribution >= 4 is 46.8 Å². The van der Waals surface area contributed by atoms with Crippen LogP contribution in [0, 0.1) is 0 Å². The Morgan fingerprint density at radius 3 is 2.66 bits per heavy atom. The normalized spacial score (nSPS) is 18.3. The van der Waals surface area contributed by atoms with Crippen molar-refractivity contribution in [2.75, 3.05) is 36.6 Å². The van der Waals surface area contributed by atoms with Crippen molar-refractivity contribution in [1.82, 2.24) is 15.0 Å². The van der Waals surface area contributed by atoms with Crippen LogP contribution in [0.4, 0.5) is 17.5 Å². The zero-order valence-corrected chi connectivity index (χ0v) is 20.5. The fraction of sp³-hybridized carbons (Fsp3) is 0.304. The first-order valence-electron chi connectivity index (χ1n) is 10.9. The Kier molecular flexibility index (Phi) is 6.07. The molecule has 0 aliphatic carbocycles. The van der Waals surface area contributed by atoms with Crippen molar-refractivity contribution in [3.8, 4) is 5.75 Å². The van der Waals surface area contributed by atoms with E-state index < -0.39 is 11.6 Å². The van der Waals surface area contributed by atoms with Crippen molar-refractivity contribution in [1.29, 1.82) is 0 Å². The molecule has 6 N–H and O–H groups in total. The van der Waals surface area contributed by atoms with Crippen LogP contribution in [0.2, 0.25) is 5.02 Å². The van der Waals surface area contributed by atoms with Crippen LogP contribution in [0.5, 0.6) is 5.75 Å². The number of hydrogen-bond acceptors (Lipinski definition) is 11. The van der Waals surface area contributed by atoms with Gasteiger partial charge in [-0.3, -0.25) is 0 Å². The van der Waals surface area contributed by atoms with Crippen LogP contribution in [0.15, 0.2) is 46.5 Å². The highest BCUT2D eigenvalue weighted by Crippen LogP contribution is 2.47. The lowest BCUT2D eigenvalue weighted by molar-refractivity contribution is 0.0429. The Balaban J connectivity index is 1.42. The monoisotopic (exact) mass is 513 g/mol. The third kappa shape index (κ3) is 4.09. The highest BCUT2D eigenvalue weighted by atomic mass is 35.5. The van der Waals surface area contributed by atoms with Gasteiger partial charge in [0.15, 0.2) is 17.3 Å². The Bertz CT molecular complexity index is 1300. The number of pyridine rings is 1. The van der Waals surface area contributed by atoms with Crippen molar-refractivity contribution in [2.45, 2.75) is 34.4 Å². The molecular formula is C23H24ClN7O3S. The molecule has 12 heteroatoms. The van der Waals surface area contributed by atoms with Crippen molar-refractivity contribution in [2.24, 2.45) is 5.73 Å². The number of nitrogen functional groups attached to an aromatic ring is 2. The lowest BCUT2D eigenvalue weighted by Gasteiger charge is -2.41. The first-order chi connectivity index (χ1) is 16.8. The molecule has 4 heterocycles. The summed E-state index contributed by atoms with van der Waals surface area (Å²) in [5, 5.41) is 0.587. The van der Waals surface area contributed by atoms with E-state index in [9.17, 15) is 4.79 Å². The van der Waals surface area contributed by atoms with Gasteiger partial charge in [0, 0.05) is 42.6 Å².